The monoisotopic (exact) mass is 276 g/mol. The molecule has 0 saturated heterocycles. The summed E-state index contributed by atoms with van der Waals surface area (Å²) in [6.45, 7) is 0. The number of nitrogens with zero attached hydrogens (tertiary/aromatic N) is 3. The minimum absolute atomic E-state index is 0.0679. The lowest BCUT2D eigenvalue weighted by Crippen LogP contribution is -1.98. The lowest BCUT2D eigenvalue weighted by molar-refractivity contribution is -0.385. The van der Waals surface area contributed by atoms with E-state index in [0.717, 1.165) is 0 Å². The van der Waals surface area contributed by atoms with E-state index < -0.39 is 4.92 Å². The fraction of sp³-hybridized carbons (Fsp3) is 0.167. The van der Waals surface area contributed by atoms with Crippen LogP contribution in [-0.2, 0) is 0 Å². The van der Waals surface area contributed by atoms with Crippen LogP contribution in [0.15, 0.2) is 30.6 Å². The molecule has 8 nitrogen and oxygen atoms in total. The van der Waals surface area contributed by atoms with E-state index in [2.05, 4.69) is 15.3 Å². The van der Waals surface area contributed by atoms with Crippen LogP contribution < -0.4 is 14.8 Å². The molecule has 1 heterocycles. The third-order valence-electron chi connectivity index (χ3n) is 2.45. The van der Waals surface area contributed by atoms with Gasteiger partial charge in [-0.2, -0.15) is 4.98 Å². The van der Waals surface area contributed by atoms with Crippen LogP contribution in [0.25, 0.3) is 0 Å². The summed E-state index contributed by atoms with van der Waals surface area (Å²) in [6.07, 6.45) is 2.88. The number of nitrogens with one attached hydrogen (secondary N) is 1. The van der Waals surface area contributed by atoms with Gasteiger partial charge in [-0.15, -0.1) is 0 Å². The van der Waals surface area contributed by atoms with Crippen LogP contribution in [0.4, 0.5) is 11.5 Å². The molecule has 0 radical (unpaired) electrons. The minimum Gasteiger partial charge on any atom is -0.496 e. The molecule has 2 rings (SSSR count). The second-order valence-electron chi connectivity index (χ2n) is 3.69. The van der Waals surface area contributed by atoms with Crippen LogP contribution in [0.3, 0.4) is 0 Å². The molecule has 2 aromatic rings. The quantitative estimate of drug-likeness (QED) is 0.660. The van der Waals surface area contributed by atoms with E-state index in [4.69, 9.17) is 9.47 Å². The number of rotatable bonds is 5. The van der Waals surface area contributed by atoms with Crippen LogP contribution in [0.1, 0.15) is 0 Å². The van der Waals surface area contributed by atoms with Gasteiger partial charge in [0.05, 0.1) is 30.5 Å². The van der Waals surface area contributed by atoms with Crippen LogP contribution in [0.2, 0.25) is 0 Å². The summed E-state index contributed by atoms with van der Waals surface area (Å²) >= 11 is 0. The molecule has 0 saturated carbocycles. The maximum absolute atomic E-state index is 11.0. The molecule has 0 amide bonds. The molecule has 0 unspecified atom stereocenters. The maximum atomic E-state index is 11.0. The zero-order chi connectivity index (χ0) is 14.5. The van der Waals surface area contributed by atoms with Gasteiger partial charge in [0, 0.05) is 7.05 Å². The van der Waals surface area contributed by atoms with Crippen molar-refractivity contribution in [1.82, 2.24) is 9.97 Å². The Kier molecular flexibility index (Phi) is 3.94. The molecule has 0 aliphatic carbocycles. The highest BCUT2D eigenvalue weighted by molar-refractivity contribution is 5.52. The van der Waals surface area contributed by atoms with E-state index >= 15 is 0 Å². The van der Waals surface area contributed by atoms with Crippen molar-refractivity contribution in [3.05, 3.63) is 40.7 Å². The number of methoxy groups -OCH3 is 1. The summed E-state index contributed by atoms with van der Waals surface area (Å²) in [7, 11) is 3.12. The Labute approximate surface area is 114 Å². The van der Waals surface area contributed by atoms with Crippen molar-refractivity contribution >= 4 is 11.5 Å². The number of aromatic nitrogens is 2. The molecule has 0 fully saturated rings. The van der Waals surface area contributed by atoms with Crippen molar-refractivity contribution in [3.63, 3.8) is 0 Å². The third-order valence-corrected chi connectivity index (χ3v) is 2.45. The molecule has 0 spiro atoms. The smallest absolute Gasteiger partial charge is 0.315 e. The first-order valence-corrected chi connectivity index (χ1v) is 5.64. The highest BCUT2D eigenvalue weighted by atomic mass is 16.6. The number of nitro benzene ring substituents is 1. The number of ether oxygens (including phenoxy) is 2. The third kappa shape index (κ3) is 2.91. The van der Waals surface area contributed by atoms with E-state index in [1.165, 1.54) is 31.6 Å². The topological polar surface area (TPSA) is 99.4 Å². The van der Waals surface area contributed by atoms with Gasteiger partial charge in [0.1, 0.15) is 11.6 Å². The predicted molar refractivity (Wildman–Crippen MR) is 71.3 cm³/mol. The van der Waals surface area contributed by atoms with Gasteiger partial charge in [-0.25, -0.2) is 0 Å². The predicted octanol–water partition coefficient (Wildman–Crippen LogP) is 2.23. The first-order valence-electron chi connectivity index (χ1n) is 5.64. The van der Waals surface area contributed by atoms with E-state index in [0.29, 0.717) is 11.6 Å². The van der Waals surface area contributed by atoms with E-state index in [1.54, 1.807) is 13.1 Å². The van der Waals surface area contributed by atoms with Gasteiger partial charge in [-0.3, -0.25) is 15.1 Å². The van der Waals surface area contributed by atoms with E-state index in [-0.39, 0.29) is 17.3 Å². The Bertz CT molecular complexity index is 633. The van der Waals surface area contributed by atoms with Gasteiger partial charge in [0.15, 0.2) is 0 Å². The molecule has 1 aromatic carbocycles. The van der Waals surface area contributed by atoms with E-state index in [1.807, 2.05) is 0 Å². The van der Waals surface area contributed by atoms with Crippen LogP contribution in [-0.4, -0.2) is 29.0 Å². The van der Waals surface area contributed by atoms with Crippen LogP contribution in [0, 0.1) is 10.1 Å². The minimum atomic E-state index is -0.548. The van der Waals surface area contributed by atoms with Crippen molar-refractivity contribution in [2.75, 3.05) is 19.5 Å². The number of anilines is 1. The summed E-state index contributed by atoms with van der Waals surface area (Å²) in [6, 6.07) is 4.30. The average molecular weight is 276 g/mol. The first-order chi connectivity index (χ1) is 9.63. The summed E-state index contributed by atoms with van der Waals surface area (Å²) in [5.74, 6) is 1.10. The van der Waals surface area contributed by atoms with E-state index in [9.17, 15) is 10.1 Å². The molecule has 1 aromatic heterocycles. The zero-order valence-electron chi connectivity index (χ0n) is 10.9. The SMILES string of the molecule is CNc1cncc(Oc2ccc(OC)cc2[N+](=O)[O-])n1. The Balaban J connectivity index is 2.34. The highest BCUT2D eigenvalue weighted by Gasteiger charge is 2.17. The van der Waals surface area contributed by atoms with Gasteiger partial charge < -0.3 is 14.8 Å². The van der Waals surface area contributed by atoms with Gasteiger partial charge in [-0.05, 0) is 12.1 Å². The van der Waals surface area contributed by atoms with Crippen molar-refractivity contribution in [1.29, 1.82) is 0 Å². The summed E-state index contributed by atoms with van der Waals surface area (Å²) in [4.78, 5) is 18.5. The number of nitro groups is 1. The van der Waals surface area contributed by atoms with Crippen molar-refractivity contribution in [2.24, 2.45) is 0 Å². The molecule has 0 bridgehead atoms. The molecule has 20 heavy (non-hydrogen) atoms. The molecule has 0 atom stereocenters. The molecular formula is C12H12N4O4. The number of hydrogen-bond donors (Lipinski definition) is 1. The molecule has 104 valence electrons. The highest BCUT2D eigenvalue weighted by Crippen LogP contribution is 2.33. The molecule has 8 heteroatoms. The number of benzene rings is 1. The van der Waals surface area contributed by atoms with Gasteiger partial charge >= 0.3 is 5.69 Å². The fourth-order valence-corrected chi connectivity index (χ4v) is 1.48. The molecule has 1 N–H and O–H groups in total. The van der Waals surface area contributed by atoms with Crippen LogP contribution in [0.5, 0.6) is 17.4 Å². The summed E-state index contributed by atoms with van der Waals surface area (Å²) in [5.41, 5.74) is -0.207. The van der Waals surface area contributed by atoms with Crippen LogP contribution >= 0.6 is 0 Å². The zero-order valence-corrected chi connectivity index (χ0v) is 10.9. The van der Waals surface area contributed by atoms with Crippen molar-refractivity contribution in [3.8, 4) is 17.4 Å². The molecule has 0 aliphatic heterocycles. The summed E-state index contributed by atoms with van der Waals surface area (Å²) in [5, 5.41) is 13.8. The largest absolute Gasteiger partial charge is 0.496 e. The Hall–Kier alpha value is -2.90. The average Bonchev–Trinajstić information content (AvgIpc) is 2.47. The second-order valence-corrected chi connectivity index (χ2v) is 3.69. The second kappa shape index (κ2) is 5.83. The van der Waals surface area contributed by atoms with Gasteiger partial charge in [0.25, 0.3) is 0 Å². The van der Waals surface area contributed by atoms with Gasteiger partial charge in [-0.1, -0.05) is 0 Å². The Morgan fingerprint density at radius 2 is 2.15 bits per heavy atom. The summed E-state index contributed by atoms with van der Waals surface area (Å²) < 4.78 is 10.4. The Morgan fingerprint density at radius 3 is 2.80 bits per heavy atom. The Morgan fingerprint density at radius 1 is 1.35 bits per heavy atom. The standard InChI is InChI=1S/C12H12N4O4/c1-13-11-6-14-7-12(15-11)20-10-4-3-8(19-2)5-9(10)16(17)18/h3-7H,1-2H3,(H,13,15). The van der Waals surface area contributed by atoms with Crippen molar-refractivity contribution in [2.45, 2.75) is 0 Å². The number of hydrogen-bond acceptors (Lipinski definition) is 7. The van der Waals surface area contributed by atoms with Gasteiger partial charge in [0.2, 0.25) is 11.6 Å². The lowest BCUT2D eigenvalue weighted by atomic mass is 10.3. The first kappa shape index (κ1) is 13.5. The maximum Gasteiger partial charge on any atom is 0.315 e. The van der Waals surface area contributed by atoms with Crippen molar-refractivity contribution < 1.29 is 14.4 Å². The fourth-order valence-electron chi connectivity index (χ4n) is 1.48. The lowest BCUT2D eigenvalue weighted by Gasteiger charge is -2.07. The molecule has 0 aliphatic rings. The molecular weight excluding hydrogens is 264 g/mol. The normalized spacial score (nSPS) is 9.90.